The van der Waals surface area contributed by atoms with E-state index in [-0.39, 0.29) is 16.9 Å². The smallest absolute Gasteiger partial charge is 0.201 e. The summed E-state index contributed by atoms with van der Waals surface area (Å²) < 4.78 is 13.3. The van der Waals surface area contributed by atoms with Gasteiger partial charge in [0.05, 0.1) is 11.1 Å². The van der Waals surface area contributed by atoms with Crippen molar-refractivity contribution in [1.82, 2.24) is 10.2 Å². The molecule has 0 saturated carbocycles. The molecular weight excluding hydrogens is 197 g/mol. The molecule has 0 radical (unpaired) electrons. The zero-order valence-electron chi connectivity index (χ0n) is 7.70. The van der Waals surface area contributed by atoms with Crippen LogP contribution in [0.3, 0.4) is 0 Å². The fourth-order valence-corrected chi connectivity index (χ4v) is 1.27. The first-order valence-electron chi connectivity index (χ1n) is 4.28. The number of halogens is 1. The first kappa shape index (κ1) is 9.39. The van der Waals surface area contributed by atoms with E-state index in [0.717, 1.165) is 0 Å². The molecule has 0 unspecified atom stereocenters. The fraction of sp³-hybridized carbons (Fsp3) is 0. The molecule has 0 amide bonds. The lowest BCUT2D eigenvalue weighted by molar-refractivity contribution is 0.103. The van der Waals surface area contributed by atoms with Crippen LogP contribution in [0.25, 0.3) is 0 Å². The molecule has 3 N–H and O–H groups in total. The number of H-pyrrole nitrogens is 1. The van der Waals surface area contributed by atoms with Crippen LogP contribution in [0.5, 0.6) is 0 Å². The quantitative estimate of drug-likeness (QED) is 0.727. The summed E-state index contributed by atoms with van der Waals surface area (Å²) in [6.07, 6.45) is 1.35. The highest BCUT2D eigenvalue weighted by atomic mass is 19.1. The third kappa shape index (κ3) is 1.59. The maximum absolute atomic E-state index is 13.3. The molecule has 15 heavy (non-hydrogen) atoms. The van der Waals surface area contributed by atoms with Crippen molar-refractivity contribution in [1.29, 1.82) is 0 Å². The van der Waals surface area contributed by atoms with Crippen LogP contribution in [0.4, 0.5) is 10.2 Å². The van der Waals surface area contributed by atoms with Crippen LogP contribution in [-0.2, 0) is 0 Å². The third-order valence-corrected chi connectivity index (χ3v) is 2.03. The van der Waals surface area contributed by atoms with E-state index in [1.807, 2.05) is 0 Å². The van der Waals surface area contributed by atoms with Gasteiger partial charge in [-0.3, -0.25) is 9.89 Å². The van der Waals surface area contributed by atoms with Gasteiger partial charge in [0, 0.05) is 6.20 Å². The summed E-state index contributed by atoms with van der Waals surface area (Å²) in [5, 5.41) is 6.05. The van der Waals surface area contributed by atoms with E-state index in [2.05, 4.69) is 10.2 Å². The summed E-state index contributed by atoms with van der Waals surface area (Å²) >= 11 is 0. The van der Waals surface area contributed by atoms with Crippen LogP contribution in [-0.4, -0.2) is 16.0 Å². The molecule has 1 aromatic carbocycles. The van der Waals surface area contributed by atoms with Gasteiger partial charge < -0.3 is 5.73 Å². The van der Waals surface area contributed by atoms with Crippen LogP contribution < -0.4 is 5.73 Å². The Morgan fingerprint density at radius 2 is 2.07 bits per heavy atom. The highest BCUT2D eigenvalue weighted by molar-refractivity contribution is 6.11. The van der Waals surface area contributed by atoms with Crippen LogP contribution in [0.15, 0.2) is 30.5 Å². The maximum atomic E-state index is 13.3. The van der Waals surface area contributed by atoms with Gasteiger partial charge in [-0.1, -0.05) is 12.1 Å². The summed E-state index contributed by atoms with van der Waals surface area (Å²) in [7, 11) is 0. The monoisotopic (exact) mass is 205 g/mol. The van der Waals surface area contributed by atoms with Crippen molar-refractivity contribution in [2.24, 2.45) is 0 Å². The molecule has 0 aliphatic carbocycles. The summed E-state index contributed by atoms with van der Waals surface area (Å²) in [6, 6.07) is 5.74. The number of ketones is 1. The second kappa shape index (κ2) is 3.53. The standard InChI is InChI=1S/C10H8FN3O/c11-8-4-2-1-3-6(8)9(15)7-5-13-14-10(7)12/h1-5H,(H3,12,13,14). The van der Waals surface area contributed by atoms with Gasteiger partial charge in [0.1, 0.15) is 5.82 Å². The molecule has 0 aliphatic heterocycles. The van der Waals surface area contributed by atoms with Gasteiger partial charge in [0.25, 0.3) is 0 Å². The van der Waals surface area contributed by atoms with Gasteiger partial charge in [-0.05, 0) is 12.1 Å². The van der Waals surface area contributed by atoms with Gasteiger partial charge in [-0.25, -0.2) is 4.39 Å². The van der Waals surface area contributed by atoms with E-state index in [1.54, 1.807) is 6.07 Å². The van der Waals surface area contributed by atoms with E-state index < -0.39 is 11.6 Å². The molecule has 0 saturated heterocycles. The van der Waals surface area contributed by atoms with Gasteiger partial charge >= 0.3 is 0 Å². The van der Waals surface area contributed by atoms with E-state index in [1.165, 1.54) is 24.4 Å². The van der Waals surface area contributed by atoms with Crippen molar-refractivity contribution in [3.05, 3.63) is 47.4 Å². The largest absolute Gasteiger partial charge is 0.382 e. The lowest BCUT2D eigenvalue weighted by Gasteiger charge is -1.99. The topological polar surface area (TPSA) is 71.8 Å². The molecule has 0 atom stereocenters. The number of nitrogen functional groups attached to an aromatic ring is 1. The second-order valence-electron chi connectivity index (χ2n) is 2.99. The molecule has 2 aromatic rings. The van der Waals surface area contributed by atoms with E-state index in [4.69, 9.17) is 5.73 Å². The predicted octanol–water partition coefficient (Wildman–Crippen LogP) is 1.36. The molecule has 0 aliphatic rings. The average Bonchev–Trinajstić information content (AvgIpc) is 2.64. The number of nitrogens with one attached hydrogen (secondary N) is 1. The number of hydrogen-bond acceptors (Lipinski definition) is 3. The van der Waals surface area contributed by atoms with Crippen molar-refractivity contribution in [2.75, 3.05) is 5.73 Å². The van der Waals surface area contributed by atoms with Crippen LogP contribution in [0, 0.1) is 5.82 Å². The van der Waals surface area contributed by atoms with Crippen molar-refractivity contribution in [3.8, 4) is 0 Å². The molecule has 4 nitrogen and oxygen atoms in total. The van der Waals surface area contributed by atoms with Crippen molar-refractivity contribution in [3.63, 3.8) is 0 Å². The molecule has 1 aromatic heterocycles. The first-order chi connectivity index (χ1) is 7.20. The summed E-state index contributed by atoms with van der Waals surface area (Å²) in [4.78, 5) is 11.8. The molecule has 2 rings (SSSR count). The number of carbonyl (C=O) groups is 1. The number of nitrogens with zero attached hydrogens (tertiary/aromatic N) is 1. The average molecular weight is 205 g/mol. The van der Waals surface area contributed by atoms with E-state index in [9.17, 15) is 9.18 Å². The third-order valence-electron chi connectivity index (χ3n) is 2.03. The lowest BCUT2D eigenvalue weighted by atomic mass is 10.1. The normalized spacial score (nSPS) is 10.2. The molecule has 76 valence electrons. The number of aromatic nitrogens is 2. The molecular formula is C10H8FN3O. The minimum atomic E-state index is -0.567. The van der Waals surface area contributed by atoms with E-state index in [0.29, 0.717) is 0 Å². The predicted molar refractivity (Wildman–Crippen MR) is 52.8 cm³/mol. The van der Waals surface area contributed by atoms with Gasteiger partial charge in [0.2, 0.25) is 5.78 Å². The summed E-state index contributed by atoms with van der Waals surface area (Å²) in [6.45, 7) is 0. The Morgan fingerprint density at radius 3 is 2.67 bits per heavy atom. The van der Waals surface area contributed by atoms with Crippen LogP contribution in [0.1, 0.15) is 15.9 Å². The number of benzene rings is 1. The Kier molecular flexibility index (Phi) is 2.21. The Balaban J connectivity index is 2.46. The van der Waals surface area contributed by atoms with Crippen LogP contribution in [0.2, 0.25) is 0 Å². The Morgan fingerprint density at radius 1 is 1.33 bits per heavy atom. The van der Waals surface area contributed by atoms with Crippen molar-refractivity contribution in [2.45, 2.75) is 0 Å². The number of anilines is 1. The highest BCUT2D eigenvalue weighted by Crippen LogP contribution is 2.15. The molecule has 0 fully saturated rings. The lowest BCUT2D eigenvalue weighted by Crippen LogP contribution is -2.05. The summed E-state index contributed by atoms with van der Waals surface area (Å²) in [5.41, 5.74) is 5.62. The zero-order chi connectivity index (χ0) is 10.8. The van der Waals surface area contributed by atoms with Crippen LogP contribution >= 0.6 is 0 Å². The maximum Gasteiger partial charge on any atom is 0.201 e. The van der Waals surface area contributed by atoms with Gasteiger partial charge in [0.15, 0.2) is 5.82 Å². The molecule has 0 spiro atoms. The van der Waals surface area contributed by atoms with Crippen molar-refractivity contribution >= 4 is 11.6 Å². The summed E-state index contributed by atoms with van der Waals surface area (Å²) in [5.74, 6) is -0.967. The number of aromatic amines is 1. The SMILES string of the molecule is Nc1n[nH]cc1C(=O)c1ccccc1F. The fourth-order valence-electron chi connectivity index (χ4n) is 1.27. The Hall–Kier alpha value is -2.17. The number of carbonyl (C=O) groups excluding carboxylic acids is 1. The van der Waals surface area contributed by atoms with Gasteiger partial charge in [-0.15, -0.1) is 0 Å². The Labute approximate surface area is 84.9 Å². The van der Waals surface area contributed by atoms with E-state index >= 15 is 0 Å². The zero-order valence-corrected chi connectivity index (χ0v) is 7.70. The number of rotatable bonds is 2. The number of nitrogens with two attached hydrogens (primary N) is 1. The highest BCUT2D eigenvalue weighted by Gasteiger charge is 2.17. The minimum absolute atomic E-state index is 0.00870. The molecule has 5 heteroatoms. The minimum Gasteiger partial charge on any atom is -0.382 e. The molecule has 1 heterocycles. The number of hydrogen-bond donors (Lipinski definition) is 2. The van der Waals surface area contributed by atoms with Gasteiger partial charge in [-0.2, -0.15) is 5.10 Å². The first-order valence-corrected chi connectivity index (χ1v) is 4.28. The Bertz CT molecular complexity index is 507. The second-order valence-corrected chi connectivity index (χ2v) is 2.99. The van der Waals surface area contributed by atoms with Crippen molar-refractivity contribution < 1.29 is 9.18 Å². The molecule has 0 bridgehead atoms.